The Balaban J connectivity index is 1.96. The maximum absolute atomic E-state index is 12.2. The Hall–Kier alpha value is -1.62. The van der Waals surface area contributed by atoms with Crippen LogP contribution < -0.4 is 5.32 Å². The smallest absolute Gasteiger partial charge is 0.238 e. The van der Waals surface area contributed by atoms with Gasteiger partial charge < -0.3 is 5.32 Å². The summed E-state index contributed by atoms with van der Waals surface area (Å²) in [5, 5.41) is 2.95. The van der Waals surface area contributed by atoms with E-state index in [1.165, 1.54) is 11.3 Å². The molecule has 0 saturated heterocycles. The number of carbonyl (C=O) groups is 1. The van der Waals surface area contributed by atoms with Gasteiger partial charge in [-0.15, -0.1) is 17.9 Å². The van der Waals surface area contributed by atoms with Crippen LogP contribution in [0.15, 0.2) is 49.1 Å². The SMILES string of the molecule is C=CCN(CC(=O)Nc1ccccc1C)Cc1ccc(Cl)s1. The second-order valence-electron chi connectivity index (χ2n) is 5.03. The summed E-state index contributed by atoms with van der Waals surface area (Å²) in [6.45, 7) is 7.38. The molecular formula is C17H19ClN2OS. The minimum Gasteiger partial charge on any atom is -0.325 e. The van der Waals surface area contributed by atoms with E-state index in [4.69, 9.17) is 11.6 Å². The van der Waals surface area contributed by atoms with Crippen LogP contribution in [0.2, 0.25) is 4.34 Å². The quantitative estimate of drug-likeness (QED) is 0.764. The van der Waals surface area contributed by atoms with Gasteiger partial charge in [-0.1, -0.05) is 35.9 Å². The summed E-state index contributed by atoms with van der Waals surface area (Å²) in [6, 6.07) is 11.6. The summed E-state index contributed by atoms with van der Waals surface area (Å²) in [7, 11) is 0. The molecule has 0 aliphatic rings. The fourth-order valence-electron chi connectivity index (χ4n) is 2.13. The molecule has 0 fully saturated rings. The van der Waals surface area contributed by atoms with Crippen molar-refractivity contribution in [2.75, 3.05) is 18.4 Å². The average molecular weight is 335 g/mol. The molecule has 22 heavy (non-hydrogen) atoms. The van der Waals surface area contributed by atoms with Gasteiger partial charge in [0, 0.05) is 23.7 Å². The van der Waals surface area contributed by atoms with Crippen molar-refractivity contribution in [1.29, 1.82) is 0 Å². The number of para-hydroxylation sites is 1. The number of anilines is 1. The number of halogens is 1. The molecule has 2 rings (SSSR count). The lowest BCUT2D eigenvalue weighted by atomic mass is 10.2. The van der Waals surface area contributed by atoms with Crippen molar-refractivity contribution in [2.24, 2.45) is 0 Å². The molecule has 0 saturated carbocycles. The van der Waals surface area contributed by atoms with Crippen LogP contribution in [0, 0.1) is 6.92 Å². The minimum absolute atomic E-state index is 0.0289. The Morgan fingerprint density at radius 2 is 2.14 bits per heavy atom. The summed E-state index contributed by atoms with van der Waals surface area (Å²) < 4.78 is 0.762. The predicted molar refractivity (Wildman–Crippen MR) is 94.6 cm³/mol. The Kier molecular flexibility index (Phi) is 6.19. The van der Waals surface area contributed by atoms with Crippen molar-refractivity contribution in [3.63, 3.8) is 0 Å². The fraction of sp³-hybridized carbons (Fsp3) is 0.235. The third kappa shape index (κ3) is 4.98. The molecule has 0 atom stereocenters. The monoisotopic (exact) mass is 334 g/mol. The van der Waals surface area contributed by atoms with Crippen LogP contribution >= 0.6 is 22.9 Å². The van der Waals surface area contributed by atoms with E-state index in [1.54, 1.807) is 6.08 Å². The van der Waals surface area contributed by atoms with E-state index in [-0.39, 0.29) is 5.91 Å². The first-order valence-electron chi connectivity index (χ1n) is 7.01. The van der Waals surface area contributed by atoms with Gasteiger partial charge in [0.2, 0.25) is 5.91 Å². The highest BCUT2D eigenvalue weighted by molar-refractivity contribution is 7.16. The first-order valence-corrected chi connectivity index (χ1v) is 8.21. The molecule has 5 heteroatoms. The van der Waals surface area contributed by atoms with Gasteiger partial charge in [0.1, 0.15) is 0 Å². The number of thiophene rings is 1. The van der Waals surface area contributed by atoms with Crippen molar-refractivity contribution < 1.29 is 4.79 Å². The van der Waals surface area contributed by atoms with E-state index < -0.39 is 0 Å². The number of nitrogens with one attached hydrogen (secondary N) is 1. The van der Waals surface area contributed by atoms with Gasteiger partial charge in [0.15, 0.2) is 0 Å². The maximum atomic E-state index is 12.2. The Morgan fingerprint density at radius 1 is 1.36 bits per heavy atom. The van der Waals surface area contributed by atoms with E-state index in [0.717, 1.165) is 20.5 Å². The van der Waals surface area contributed by atoms with Crippen LogP contribution in [0.1, 0.15) is 10.4 Å². The summed E-state index contributed by atoms with van der Waals surface area (Å²) in [5.74, 6) is -0.0289. The van der Waals surface area contributed by atoms with Gasteiger partial charge in [-0.25, -0.2) is 0 Å². The van der Waals surface area contributed by atoms with Gasteiger partial charge in [-0.3, -0.25) is 9.69 Å². The van der Waals surface area contributed by atoms with E-state index in [9.17, 15) is 4.79 Å². The zero-order valence-electron chi connectivity index (χ0n) is 12.5. The standard InChI is InChI=1S/C17H19ClN2OS/c1-3-10-20(11-14-8-9-16(18)22-14)12-17(21)19-15-7-5-4-6-13(15)2/h3-9H,1,10-12H2,2H3,(H,19,21). The molecule has 1 heterocycles. The Labute approximate surface area is 140 Å². The molecule has 1 amide bonds. The molecule has 116 valence electrons. The Bertz CT molecular complexity index is 654. The lowest BCUT2D eigenvalue weighted by Crippen LogP contribution is -2.33. The van der Waals surface area contributed by atoms with Crippen LogP contribution in [-0.4, -0.2) is 23.9 Å². The van der Waals surface area contributed by atoms with Crippen molar-refractivity contribution in [3.8, 4) is 0 Å². The molecule has 0 aliphatic carbocycles. The predicted octanol–water partition coefficient (Wildman–Crippen LogP) is 4.34. The van der Waals surface area contributed by atoms with E-state index in [0.29, 0.717) is 19.6 Å². The average Bonchev–Trinajstić information content (AvgIpc) is 2.87. The van der Waals surface area contributed by atoms with Gasteiger partial charge in [0.05, 0.1) is 10.9 Å². The first kappa shape index (κ1) is 16.7. The molecule has 0 unspecified atom stereocenters. The molecule has 2 aromatic rings. The molecule has 3 nitrogen and oxygen atoms in total. The number of hydrogen-bond acceptors (Lipinski definition) is 3. The number of rotatable bonds is 7. The first-order chi connectivity index (χ1) is 10.6. The van der Waals surface area contributed by atoms with Crippen LogP contribution in [0.5, 0.6) is 0 Å². The molecule has 1 aromatic heterocycles. The van der Waals surface area contributed by atoms with Gasteiger partial charge >= 0.3 is 0 Å². The summed E-state index contributed by atoms with van der Waals surface area (Å²) in [5.41, 5.74) is 1.90. The lowest BCUT2D eigenvalue weighted by Gasteiger charge is -2.19. The molecule has 0 spiro atoms. The van der Waals surface area contributed by atoms with Gasteiger partial charge in [-0.2, -0.15) is 0 Å². The van der Waals surface area contributed by atoms with E-state index in [1.807, 2.05) is 48.2 Å². The maximum Gasteiger partial charge on any atom is 0.238 e. The molecule has 1 aromatic carbocycles. The van der Waals surface area contributed by atoms with Crippen molar-refractivity contribution in [1.82, 2.24) is 4.90 Å². The van der Waals surface area contributed by atoms with Crippen molar-refractivity contribution >= 4 is 34.5 Å². The van der Waals surface area contributed by atoms with Crippen LogP contribution in [-0.2, 0) is 11.3 Å². The largest absolute Gasteiger partial charge is 0.325 e. The van der Waals surface area contributed by atoms with E-state index >= 15 is 0 Å². The number of benzene rings is 1. The normalized spacial score (nSPS) is 10.7. The topological polar surface area (TPSA) is 32.3 Å². The summed E-state index contributed by atoms with van der Waals surface area (Å²) in [4.78, 5) is 15.4. The highest BCUT2D eigenvalue weighted by atomic mass is 35.5. The molecule has 0 bridgehead atoms. The van der Waals surface area contributed by atoms with E-state index in [2.05, 4.69) is 11.9 Å². The van der Waals surface area contributed by atoms with Gasteiger partial charge in [0.25, 0.3) is 0 Å². The zero-order chi connectivity index (χ0) is 15.9. The van der Waals surface area contributed by atoms with Gasteiger partial charge in [-0.05, 0) is 30.7 Å². The minimum atomic E-state index is -0.0289. The van der Waals surface area contributed by atoms with Crippen LogP contribution in [0.25, 0.3) is 0 Å². The lowest BCUT2D eigenvalue weighted by molar-refractivity contribution is -0.117. The third-order valence-corrected chi connectivity index (χ3v) is 4.40. The van der Waals surface area contributed by atoms with Crippen molar-refractivity contribution in [3.05, 3.63) is 63.8 Å². The van der Waals surface area contributed by atoms with Crippen LogP contribution in [0.4, 0.5) is 5.69 Å². The summed E-state index contributed by atoms with van der Waals surface area (Å²) >= 11 is 7.49. The molecular weight excluding hydrogens is 316 g/mol. The third-order valence-electron chi connectivity index (χ3n) is 3.18. The number of nitrogens with zero attached hydrogens (tertiary/aromatic N) is 1. The zero-order valence-corrected chi connectivity index (χ0v) is 14.1. The fourth-order valence-corrected chi connectivity index (χ4v) is 3.26. The number of carbonyl (C=O) groups excluding carboxylic acids is 1. The number of aryl methyl sites for hydroxylation is 1. The van der Waals surface area contributed by atoms with Crippen LogP contribution in [0.3, 0.4) is 0 Å². The second-order valence-corrected chi connectivity index (χ2v) is 6.83. The highest BCUT2D eigenvalue weighted by Gasteiger charge is 2.12. The molecule has 1 N–H and O–H groups in total. The number of hydrogen-bond donors (Lipinski definition) is 1. The number of amides is 1. The molecule has 0 aliphatic heterocycles. The van der Waals surface area contributed by atoms with Crippen molar-refractivity contribution in [2.45, 2.75) is 13.5 Å². The molecule has 0 radical (unpaired) electrons. The summed E-state index contributed by atoms with van der Waals surface area (Å²) in [6.07, 6.45) is 1.80. The second kappa shape index (κ2) is 8.13. The highest BCUT2D eigenvalue weighted by Crippen LogP contribution is 2.22. The Morgan fingerprint density at radius 3 is 2.77 bits per heavy atom.